The van der Waals surface area contributed by atoms with Gasteiger partial charge in [0.25, 0.3) is 0 Å². The van der Waals surface area contributed by atoms with Crippen molar-refractivity contribution < 1.29 is 13.2 Å². The van der Waals surface area contributed by atoms with Gasteiger partial charge < -0.3 is 10.6 Å². The number of anilines is 3. The SMILES string of the molecule is CCc1nc(NC)c(C)c(Nc2cc(F)c(F)c(F)c2)n1. The number of rotatable bonds is 4. The average molecular weight is 296 g/mol. The van der Waals surface area contributed by atoms with E-state index in [0.29, 0.717) is 29.4 Å². The zero-order valence-corrected chi connectivity index (χ0v) is 11.9. The van der Waals surface area contributed by atoms with E-state index < -0.39 is 17.5 Å². The molecule has 0 aliphatic heterocycles. The van der Waals surface area contributed by atoms with Crippen LogP contribution in [0, 0.1) is 24.4 Å². The van der Waals surface area contributed by atoms with E-state index in [9.17, 15) is 13.2 Å². The molecule has 0 amide bonds. The first-order valence-corrected chi connectivity index (χ1v) is 6.43. The second-order valence-electron chi connectivity index (χ2n) is 4.44. The van der Waals surface area contributed by atoms with E-state index in [1.807, 2.05) is 6.92 Å². The van der Waals surface area contributed by atoms with Gasteiger partial charge in [0.1, 0.15) is 17.5 Å². The summed E-state index contributed by atoms with van der Waals surface area (Å²) in [5.74, 6) is -2.40. The number of aryl methyl sites for hydroxylation is 1. The normalized spacial score (nSPS) is 10.6. The molecule has 2 aromatic rings. The lowest BCUT2D eigenvalue weighted by Crippen LogP contribution is -2.07. The maximum atomic E-state index is 13.2. The Labute approximate surface area is 120 Å². The summed E-state index contributed by atoms with van der Waals surface area (Å²) in [4.78, 5) is 8.57. The fraction of sp³-hybridized carbons (Fsp3) is 0.286. The lowest BCUT2D eigenvalue weighted by Gasteiger charge is -2.13. The predicted octanol–water partition coefficient (Wildman–Crippen LogP) is 3.55. The van der Waals surface area contributed by atoms with Gasteiger partial charge in [-0.05, 0) is 6.92 Å². The summed E-state index contributed by atoms with van der Waals surface area (Å²) in [5, 5.41) is 5.72. The van der Waals surface area contributed by atoms with Gasteiger partial charge in [0.05, 0.1) is 0 Å². The molecule has 0 atom stereocenters. The minimum atomic E-state index is -1.50. The smallest absolute Gasteiger partial charge is 0.194 e. The molecule has 21 heavy (non-hydrogen) atoms. The van der Waals surface area contributed by atoms with E-state index in [2.05, 4.69) is 20.6 Å². The van der Waals surface area contributed by atoms with E-state index in [1.165, 1.54) is 0 Å². The fourth-order valence-electron chi connectivity index (χ4n) is 1.85. The van der Waals surface area contributed by atoms with E-state index in [1.54, 1.807) is 14.0 Å². The van der Waals surface area contributed by atoms with E-state index in [4.69, 9.17) is 0 Å². The molecule has 0 saturated carbocycles. The number of aromatic nitrogens is 2. The van der Waals surface area contributed by atoms with Crippen LogP contribution in [0.2, 0.25) is 0 Å². The standard InChI is InChI=1S/C14H15F3N4/c1-4-11-20-13(18-3)7(2)14(21-11)19-8-5-9(15)12(17)10(16)6-8/h5-6H,4H2,1-3H3,(H2,18,19,20,21). The molecule has 0 aliphatic rings. The van der Waals surface area contributed by atoms with Crippen molar-refractivity contribution in [3.63, 3.8) is 0 Å². The molecule has 112 valence electrons. The highest BCUT2D eigenvalue weighted by atomic mass is 19.2. The van der Waals surface area contributed by atoms with Crippen LogP contribution in [0.25, 0.3) is 0 Å². The molecule has 1 aromatic heterocycles. The first kappa shape index (κ1) is 15.1. The Kier molecular flexibility index (Phi) is 4.30. The van der Waals surface area contributed by atoms with Crippen LogP contribution in [0.1, 0.15) is 18.3 Å². The van der Waals surface area contributed by atoms with Crippen molar-refractivity contribution in [1.29, 1.82) is 0 Å². The van der Waals surface area contributed by atoms with Crippen molar-refractivity contribution >= 4 is 17.3 Å². The Bertz CT molecular complexity index is 651. The Balaban J connectivity index is 2.43. The zero-order valence-electron chi connectivity index (χ0n) is 11.9. The van der Waals surface area contributed by atoms with Crippen LogP contribution in [-0.4, -0.2) is 17.0 Å². The van der Waals surface area contributed by atoms with Crippen LogP contribution in [0.15, 0.2) is 12.1 Å². The van der Waals surface area contributed by atoms with Crippen molar-refractivity contribution in [3.8, 4) is 0 Å². The molecule has 2 N–H and O–H groups in total. The molecule has 4 nitrogen and oxygen atoms in total. The number of benzene rings is 1. The fourth-order valence-corrected chi connectivity index (χ4v) is 1.85. The van der Waals surface area contributed by atoms with Crippen LogP contribution in [-0.2, 0) is 6.42 Å². The Morgan fingerprint density at radius 1 is 1.05 bits per heavy atom. The number of nitrogens with zero attached hydrogens (tertiary/aromatic N) is 2. The zero-order chi connectivity index (χ0) is 15.6. The van der Waals surface area contributed by atoms with Gasteiger partial charge in [-0.15, -0.1) is 0 Å². The second-order valence-corrected chi connectivity index (χ2v) is 4.44. The third-order valence-electron chi connectivity index (χ3n) is 2.99. The lowest BCUT2D eigenvalue weighted by atomic mass is 10.2. The maximum absolute atomic E-state index is 13.2. The third kappa shape index (κ3) is 3.07. The molecule has 0 saturated heterocycles. The molecular formula is C14H15F3N4. The summed E-state index contributed by atoms with van der Waals surface area (Å²) >= 11 is 0. The molecule has 0 bridgehead atoms. The molecule has 2 rings (SSSR count). The van der Waals surface area contributed by atoms with Gasteiger partial charge in [-0.25, -0.2) is 23.1 Å². The summed E-state index contributed by atoms with van der Waals surface area (Å²) in [6.45, 7) is 3.66. The lowest BCUT2D eigenvalue weighted by molar-refractivity contribution is 0.448. The molecule has 1 heterocycles. The molecule has 0 fully saturated rings. The number of hydrogen-bond acceptors (Lipinski definition) is 4. The topological polar surface area (TPSA) is 49.8 Å². The summed E-state index contributed by atoms with van der Waals surface area (Å²) in [5.41, 5.74) is 0.775. The predicted molar refractivity (Wildman–Crippen MR) is 75.3 cm³/mol. The van der Waals surface area contributed by atoms with Gasteiger partial charge in [0.2, 0.25) is 0 Å². The second kappa shape index (κ2) is 5.99. The monoisotopic (exact) mass is 296 g/mol. The van der Waals surface area contributed by atoms with Gasteiger partial charge in [-0.3, -0.25) is 0 Å². The van der Waals surface area contributed by atoms with Crippen molar-refractivity contribution in [2.75, 3.05) is 17.7 Å². The van der Waals surface area contributed by atoms with E-state index in [0.717, 1.165) is 12.1 Å². The number of hydrogen-bond donors (Lipinski definition) is 2. The summed E-state index contributed by atoms with van der Waals surface area (Å²) in [7, 11) is 1.72. The summed E-state index contributed by atoms with van der Waals surface area (Å²) < 4.78 is 39.4. The highest BCUT2D eigenvalue weighted by Crippen LogP contribution is 2.25. The minimum Gasteiger partial charge on any atom is -0.373 e. The van der Waals surface area contributed by atoms with E-state index in [-0.39, 0.29) is 5.69 Å². The van der Waals surface area contributed by atoms with Gasteiger partial charge >= 0.3 is 0 Å². The first-order chi connectivity index (χ1) is 9.96. The summed E-state index contributed by atoms with van der Waals surface area (Å²) in [6, 6.07) is 1.76. The van der Waals surface area contributed by atoms with Crippen molar-refractivity contribution in [3.05, 3.63) is 41.0 Å². The first-order valence-electron chi connectivity index (χ1n) is 6.43. The quantitative estimate of drug-likeness (QED) is 0.847. The van der Waals surface area contributed by atoms with Gasteiger partial charge in [0.15, 0.2) is 17.5 Å². The van der Waals surface area contributed by atoms with Crippen LogP contribution < -0.4 is 10.6 Å². The molecule has 0 radical (unpaired) electrons. The van der Waals surface area contributed by atoms with Gasteiger partial charge in [-0.1, -0.05) is 6.92 Å². The van der Waals surface area contributed by atoms with Crippen LogP contribution in [0.4, 0.5) is 30.5 Å². The highest BCUT2D eigenvalue weighted by Gasteiger charge is 2.13. The number of nitrogens with one attached hydrogen (secondary N) is 2. The molecule has 7 heteroatoms. The van der Waals surface area contributed by atoms with E-state index >= 15 is 0 Å². The molecule has 0 aliphatic carbocycles. The van der Waals surface area contributed by atoms with Crippen molar-refractivity contribution in [2.24, 2.45) is 0 Å². The van der Waals surface area contributed by atoms with Crippen molar-refractivity contribution in [1.82, 2.24) is 9.97 Å². The molecule has 0 spiro atoms. The van der Waals surface area contributed by atoms with Crippen LogP contribution in [0.3, 0.4) is 0 Å². The number of halogens is 3. The van der Waals surface area contributed by atoms with Crippen molar-refractivity contribution in [2.45, 2.75) is 20.3 Å². The Morgan fingerprint density at radius 2 is 1.62 bits per heavy atom. The van der Waals surface area contributed by atoms with Crippen LogP contribution >= 0.6 is 0 Å². The largest absolute Gasteiger partial charge is 0.373 e. The maximum Gasteiger partial charge on any atom is 0.194 e. The highest BCUT2D eigenvalue weighted by molar-refractivity contribution is 5.64. The average Bonchev–Trinajstić information content (AvgIpc) is 2.46. The molecule has 1 aromatic carbocycles. The Hall–Kier alpha value is -2.31. The summed E-state index contributed by atoms with van der Waals surface area (Å²) in [6.07, 6.45) is 0.607. The van der Waals surface area contributed by atoms with Gasteiger partial charge in [0, 0.05) is 36.9 Å². The molecular weight excluding hydrogens is 281 g/mol. The third-order valence-corrected chi connectivity index (χ3v) is 2.99. The van der Waals surface area contributed by atoms with Crippen LogP contribution in [0.5, 0.6) is 0 Å². The Morgan fingerprint density at radius 3 is 2.14 bits per heavy atom. The minimum absolute atomic E-state index is 0.0808. The van der Waals surface area contributed by atoms with Gasteiger partial charge in [-0.2, -0.15) is 0 Å². The molecule has 0 unspecified atom stereocenters.